The second-order valence-electron chi connectivity index (χ2n) is 3.21. The van der Waals surface area contributed by atoms with Gasteiger partial charge in [0.05, 0.1) is 5.56 Å². The molecular weight excluding hydrogens is 216 g/mol. The van der Waals surface area contributed by atoms with Gasteiger partial charge in [0, 0.05) is 5.56 Å². The van der Waals surface area contributed by atoms with Crippen LogP contribution in [0.5, 0.6) is 5.75 Å². The molecule has 0 aliphatic carbocycles. The lowest BCUT2D eigenvalue weighted by molar-refractivity contribution is 0.111. The van der Waals surface area contributed by atoms with Crippen molar-refractivity contribution in [3.63, 3.8) is 0 Å². The Balaban J connectivity index is 0.000000171. The summed E-state index contributed by atoms with van der Waals surface area (Å²) in [7, 11) is 0. The average Bonchev–Trinajstić information content (AvgIpc) is 2.41. The Morgan fingerprint density at radius 1 is 0.765 bits per heavy atom. The number of benzene rings is 2. The summed E-state index contributed by atoms with van der Waals surface area (Å²) in [5, 5.41) is 8.88. The highest BCUT2D eigenvalue weighted by Crippen LogP contribution is 2.11. The molecule has 1 N–H and O–H groups in total. The van der Waals surface area contributed by atoms with E-state index >= 15 is 0 Å². The Hall–Kier alpha value is -2.42. The van der Waals surface area contributed by atoms with Gasteiger partial charge in [-0.15, -0.1) is 0 Å². The van der Waals surface area contributed by atoms with Crippen LogP contribution in [-0.4, -0.2) is 17.7 Å². The average molecular weight is 228 g/mol. The minimum Gasteiger partial charge on any atom is -0.507 e. The van der Waals surface area contributed by atoms with Gasteiger partial charge in [-0.25, -0.2) is 0 Å². The molecule has 0 saturated carbocycles. The van der Waals surface area contributed by atoms with Crippen molar-refractivity contribution in [2.75, 3.05) is 0 Å². The van der Waals surface area contributed by atoms with Crippen molar-refractivity contribution in [1.29, 1.82) is 0 Å². The Labute approximate surface area is 99.3 Å². The number of carbonyl (C=O) groups excluding carboxylic acids is 2. The van der Waals surface area contributed by atoms with E-state index in [1.807, 2.05) is 18.2 Å². The molecule has 0 fully saturated rings. The molecule has 0 aliphatic heterocycles. The van der Waals surface area contributed by atoms with Crippen molar-refractivity contribution in [3.8, 4) is 5.75 Å². The quantitative estimate of drug-likeness (QED) is 0.804. The van der Waals surface area contributed by atoms with Gasteiger partial charge < -0.3 is 5.11 Å². The highest BCUT2D eigenvalue weighted by atomic mass is 16.3. The lowest BCUT2D eigenvalue weighted by Gasteiger charge is -1.91. The van der Waals surface area contributed by atoms with Crippen LogP contribution in [0.1, 0.15) is 20.7 Å². The van der Waals surface area contributed by atoms with Crippen LogP contribution in [0.4, 0.5) is 0 Å². The van der Waals surface area contributed by atoms with Gasteiger partial charge in [-0.3, -0.25) is 9.59 Å². The zero-order chi connectivity index (χ0) is 12.5. The molecule has 0 bridgehead atoms. The minimum absolute atomic E-state index is 0.0347. The maximum Gasteiger partial charge on any atom is 0.153 e. The molecule has 17 heavy (non-hydrogen) atoms. The molecular formula is C14H12O3. The fourth-order valence-corrected chi connectivity index (χ4v) is 1.12. The molecule has 2 aromatic rings. The highest BCUT2D eigenvalue weighted by Gasteiger charge is 1.93. The summed E-state index contributed by atoms with van der Waals surface area (Å²) in [6, 6.07) is 15.5. The predicted molar refractivity (Wildman–Crippen MR) is 65.3 cm³/mol. The summed E-state index contributed by atoms with van der Waals surface area (Å²) >= 11 is 0. The second kappa shape index (κ2) is 6.95. The van der Waals surface area contributed by atoms with Crippen LogP contribution < -0.4 is 0 Å². The molecule has 0 spiro atoms. The molecule has 0 saturated heterocycles. The van der Waals surface area contributed by atoms with E-state index < -0.39 is 0 Å². The first-order chi connectivity index (χ1) is 8.27. The van der Waals surface area contributed by atoms with Crippen LogP contribution in [0.2, 0.25) is 0 Å². The third kappa shape index (κ3) is 4.30. The number of carbonyl (C=O) groups is 2. The summed E-state index contributed by atoms with van der Waals surface area (Å²) in [5.74, 6) is 0.0347. The summed E-state index contributed by atoms with van der Waals surface area (Å²) in [5.41, 5.74) is 1.06. The fourth-order valence-electron chi connectivity index (χ4n) is 1.12. The Bertz CT molecular complexity index is 478. The van der Waals surface area contributed by atoms with Gasteiger partial charge in [0.25, 0.3) is 0 Å². The maximum atomic E-state index is 10.1. The zero-order valence-electron chi connectivity index (χ0n) is 9.11. The van der Waals surface area contributed by atoms with Crippen molar-refractivity contribution in [2.24, 2.45) is 0 Å². The monoisotopic (exact) mass is 228 g/mol. The van der Waals surface area contributed by atoms with Gasteiger partial charge in [0.15, 0.2) is 6.29 Å². The lowest BCUT2D eigenvalue weighted by Crippen LogP contribution is -1.77. The molecule has 3 nitrogen and oxygen atoms in total. The summed E-state index contributed by atoms with van der Waals surface area (Å²) < 4.78 is 0. The first-order valence-electron chi connectivity index (χ1n) is 5.01. The third-order valence-corrected chi connectivity index (χ3v) is 2.00. The van der Waals surface area contributed by atoms with Crippen LogP contribution in [-0.2, 0) is 0 Å². The first kappa shape index (κ1) is 12.6. The topological polar surface area (TPSA) is 54.4 Å². The number of phenolic OH excluding ortho intramolecular Hbond substituents is 1. The van der Waals surface area contributed by atoms with Gasteiger partial charge in [-0.2, -0.15) is 0 Å². The van der Waals surface area contributed by atoms with Crippen molar-refractivity contribution in [3.05, 3.63) is 65.7 Å². The van der Waals surface area contributed by atoms with E-state index in [4.69, 9.17) is 5.11 Å². The molecule has 3 heteroatoms. The number of para-hydroxylation sites is 1. The van der Waals surface area contributed by atoms with E-state index in [1.165, 1.54) is 6.07 Å². The number of hydrogen-bond donors (Lipinski definition) is 1. The first-order valence-corrected chi connectivity index (χ1v) is 5.01. The highest BCUT2D eigenvalue weighted by molar-refractivity contribution is 5.78. The van der Waals surface area contributed by atoms with Gasteiger partial charge in [0.2, 0.25) is 0 Å². The summed E-state index contributed by atoms with van der Waals surface area (Å²) in [6.45, 7) is 0. The molecule has 2 rings (SSSR count). The fraction of sp³-hybridized carbons (Fsp3) is 0. The molecule has 0 amide bonds. The van der Waals surface area contributed by atoms with Gasteiger partial charge in [0.1, 0.15) is 12.0 Å². The SMILES string of the molecule is O=Cc1ccccc1.O=Cc1ccccc1O. The van der Waals surface area contributed by atoms with E-state index in [2.05, 4.69) is 0 Å². The molecule has 2 aromatic carbocycles. The molecule has 0 heterocycles. The standard InChI is InChI=1S/C7H6O2.C7H6O/c8-5-6-3-1-2-4-7(6)9;8-6-7-4-2-1-3-5-7/h1-5,9H;1-6H. The number of phenols is 1. The Kier molecular flexibility index (Phi) is 5.17. The van der Waals surface area contributed by atoms with E-state index in [0.717, 1.165) is 11.8 Å². The number of aromatic hydroxyl groups is 1. The van der Waals surface area contributed by atoms with Crippen LogP contribution in [0.15, 0.2) is 54.6 Å². The molecule has 0 atom stereocenters. The minimum atomic E-state index is 0.0347. The molecule has 0 aromatic heterocycles. The van der Waals surface area contributed by atoms with Crippen LogP contribution in [0.25, 0.3) is 0 Å². The molecule has 0 unspecified atom stereocenters. The molecule has 0 radical (unpaired) electrons. The van der Waals surface area contributed by atoms with E-state index in [1.54, 1.807) is 30.3 Å². The molecule has 86 valence electrons. The van der Waals surface area contributed by atoms with E-state index in [0.29, 0.717) is 11.8 Å². The summed E-state index contributed by atoms with van der Waals surface area (Å²) in [6.07, 6.45) is 1.45. The van der Waals surface area contributed by atoms with Crippen molar-refractivity contribution < 1.29 is 14.7 Å². The molecule has 0 aliphatic rings. The number of aldehydes is 2. The summed E-state index contributed by atoms with van der Waals surface area (Å²) in [4.78, 5) is 20.1. The van der Waals surface area contributed by atoms with Crippen molar-refractivity contribution in [2.45, 2.75) is 0 Å². The van der Waals surface area contributed by atoms with E-state index in [-0.39, 0.29) is 5.75 Å². The Morgan fingerprint density at radius 2 is 1.35 bits per heavy atom. The second-order valence-corrected chi connectivity index (χ2v) is 3.21. The van der Waals surface area contributed by atoms with Crippen molar-refractivity contribution >= 4 is 12.6 Å². The Morgan fingerprint density at radius 3 is 1.76 bits per heavy atom. The van der Waals surface area contributed by atoms with Gasteiger partial charge in [-0.05, 0) is 12.1 Å². The lowest BCUT2D eigenvalue weighted by atomic mass is 10.2. The van der Waals surface area contributed by atoms with Gasteiger partial charge >= 0.3 is 0 Å². The van der Waals surface area contributed by atoms with Crippen LogP contribution >= 0.6 is 0 Å². The smallest absolute Gasteiger partial charge is 0.153 e. The maximum absolute atomic E-state index is 10.1. The zero-order valence-corrected chi connectivity index (χ0v) is 9.11. The van der Waals surface area contributed by atoms with Gasteiger partial charge in [-0.1, -0.05) is 42.5 Å². The number of hydrogen-bond acceptors (Lipinski definition) is 3. The van der Waals surface area contributed by atoms with Crippen molar-refractivity contribution in [1.82, 2.24) is 0 Å². The van der Waals surface area contributed by atoms with Crippen LogP contribution in [0.3, 0.4) is 0 Å². The predicted octanol–water partition coefficient (Wildman–Crippen LogP) is 2.70. The largest absolute Gasteiger partial charge is 0.507 e. The normalized spacial score (nSPS) is 8.71. The van der Waals surface area contributed by atoms with Crippen LogP contribution in [0, 0.1) is 0 Å². The third-order valence-electron chi connectivity index (χ3n) is 2.00. The number of rotatable bonds is 2. The van der Waals surface area contributed by atoms with E-state index in [9.17, 15) is 9.59 Å².